The third-order valence-electron chi connectivity index (χ3n) is 3.64. The van der Waals surface area contributed by atoms with E-state index < -0.39 is 0 Å². The Bertz CT molecular complexity index is 768. The topological polar surface area (TPSA) is 40.5 Å². The molecule has 2 N–H and O–H groups in total. The molecule has 0 aliphatic rings. The average molecular weight is 466 g/mol. The van der Waals surface area contributed by atoms with Gasteiger partial charge in [0.15, 0.2) is 0 Å². The van der Waals surface area contributed by atoms with Crippen molar-refractivity contribution in [1.29, 1.82) is 0 Å². The van der Waals surface area contributed by atoms with Crippen LogP contribution in [0, 0.1) is 27.7 Å². The SMILES string of the molecule is Cc1cc[c-](C)c1.Cc1cc[c-](C)c1.Oc1ccccc1.Oc1ccccc1.[Zr+2]. The van der Waals surface area contributed by atoms with Crippen LogP contribution in [-0.4, -0.2) is 10.2 Å². The van der Waals surface area contributed by atoms with Gasteiger partial charge < -0.3 is 10.2 Å². The number of benzene rings is 2. The van der Waals surface area contributed by atoms with Gasteiger partial charge in [-0.05, 0) is 24.3 Å². The van der Waals surface area contributed by atoms with Crippen molar-refractivity contribution in [3.63, 3.8) is 0 Å². The van der Waals surface area contributed by atoms with Crippen molar-refractivity contribution >= 4 is 0 Å². The molecule has 0 bridgehead atoms. The summed E-state index contributed by atoms with van der Waals surface area (Å²) in [5.41, 5.74) is 5.44. The van der Waals surface area contributed by atoms with Gasteiger partial charge in [-0.15, -0.1) is 0 Å². The predicted octanol–water partition coefficient (Wildman–Crippen LogP) is 6.83. The zero-order chi connectivity index (χ0) is 20.8. The predicted molar refractivity (Wildman–Crippen MR) is 119 cm³/mol. The molecule has 2 nitrogen and oxygen atoms in total. The molecule has 4 aromatic carbocycles. The Morgan fingerprint density at radius 2 is 0.862 bits per heavy atom. The van der Waals surface area contributed by atoms with Crippen LogP contribution in [0.15, 0.2) is 97.1 Å². The molecule has 29 heavy (non-hydrogen) atoms. The first kappa shape index (κ1) is 26.6. The molecule has 0 aliphatic heterocycles. The number of phenolic OH excluding ortho intramolecular Hbond substituents is 2. The van der Waals surface area contributed by atoms with E-state index in [4.69, 9.17) is 10.2 Å². The Morgan fingerprint density at radius 1 is 0.552 bits per heavy atom. The minimum Gasteiger partial charge on any atom is -0.508 e. The van der Waals surface area contributed by atoms with E-state index in [1.54, 1.807) is 48.5 Å². The van der Waals surface area contributed by atoms with Gasteiger partial charge >= 0.3 is 26.2 Å². The van der Waals surface area contributed by atoms with Gasteiger partial charge in [0.25, 0.3) is 0 Å². The number of phenols is 2. The molecule has 3 heteroatoms. The third kappa shape index (κ3) is 14.3. The summed E-state index contributed by atoms with van der Waals surface area (Å²) in [7, 11) is 0. The number of aromatic hydroxyl groups is 2. The third-order valence-corrected chi connectivity index (χ3v) is 3.64. The fourth-order valence-corrected chi connectivity index (χ4v) is 2.29. The van der Waals surface area contributed by atoms with Crippen molar-refractivity contribution in [1.82, 2.24) is 0 Å². The summed E-state index contributed by atoms with van der Waals surface area (Å²) in [6.45, 7) is 8.42. The second-order valence-corrected chi connectivity index (χ2v) is 6.60. The molecule has 0 saturated carbocycles. The van der Waals surface area contributed by atoms with Crippen LogP contribution in [0.25, 0.3) is 0 Å². The maximum atomic E-state index is 8.63. The summed E-state index contributed by atoms with van der Waals surface area (Å²) >= 11 is 0. The fourth-order valence-electron chi connectivity index (χ4n) is 2.29. The minimum atomic E-state index is 0. The Labute approximate surface area is 194 Å². The van der Waals surface area contributed by atoms with Crippen LogP contribution in [0.1, 0.15) is 22.3 Å². The van der Waals surface area contributed by atoms with Crippen molar-refractivity contribution in [3.8, 4) is 11.5 Å². The van der Waals surface area contributed by atoms with Gasteiger partial charge in [-0.25, -0.2) is 23.3 Å². The normalized spacial score (nSPS) is 8.69. The molecule has 0 saturated heterocycles. The molecule has 150 valence electrons. The van der Waals surface area contributed by atoms with Gasteiger partial charge in [0, 0.05) is 0 Å². The summed E-state index contributed by atoms with van der Waals surface area (Å²) in [4.78, 5) is 0. The smallest absolute Gasteiger partial charge is 0.508 e. The van der Waals surface area contributed by atoms with E-state index >= 15 is 0 Å². The number of hydrogen-bond donors (Lipinski definition) is 2. The van der Waals surface area contributed by atoms with E-state index in [-0.39, 0.29) is 26.2 Å². The van der Waals surface area contributed by atoms with E-state index in [0.717, 1.165) is 0 Å². The molecule has 0 heterocycles. The molecule has 0 aromatic heterocycles. The summed E-state index contributed by atoms with van der Waals surface area (Å²) in [6.07, 6.45) is 0. The van der Waals surface area contributed by atoms with E-state index in [0.29, 0.717) is 11.5 Å². The van der Waals surface area contributed by atoms with Crippen LogP contribution >= 0.6 is 0 Å². The molecule has 0 fully saturated rings. The largest absolute Gasteiger partial charge is 2.00 e. The molecule has 0 spiro atoms. The quantitative estimate of drug-likeness (QED) is 0.280. The van der Waals surface area contributed by atoms with E-state index in [1.807, 2.05) is 12.1 Å². The molecular weight excluding hydrogens is 436 g/mol. The molecular formula is C26H30O2Zr. The fraction of sp³-hybridized carbons (Fsp3) is 0.154. The zero-order valence-corrected chi connectivity index (χ0v) is 20.1. The summed E-state index contributed by atoms with van der Waals surface area (Å²) in [6, 6.07) is 30.2. The molecule has 0 aliphatic carbocycles. The molecule has 0 atom stereocenters. The van der Waals surface area contributed by atoms with E-state index in [2.05, 4.69) is 64.1 Å². The van der Waals surface area contributed by atoms with Gasteiger partial charge in [-0.3, -0.25) is 0 Å². The van der Waals surface area contributed by atoms with Crippen molar-refractivity contribution in [3.05, 3.63) is 119 Å². The molecule has 4 rings (SSSR count). The Hall–Kier alpha value is -2.38. The monoisotopic (exact) mass is 464 g/mol. The van der Waals surface area contributed by atoms with Crippen LogP contribution in [0.5, 0.6) is 11.5 Å². The molecule has 0 amide bonds. The van der Waals surface area contributed by atoms with Crippen molar-refractivity contribution in [2.45, 2.75) is 27.7 Å². The maximum absolute atomic E-state index is 8.63. The van der Waals surface area contributed by atoms with Gasteiger partial charge in [0.2, 0.25) is 0 Å². The number of hydrogen-bond acceptors (Lipinski definition) is 2. The first-order chi connectivity index (χ1) is 13.4. The first-order valence-corrected chi connectivity index (χ1v) is 9.24. The summed E-state index contributed by atoms with van der Waals surface area (Å²) in [5.74, 6) is 0.644. The minimum absolute atomic E-state index is 0. The zero-order valence-electron chi connectivity index (χ0n) is 17.6. The van der Waals surface area contributed by atoms with Crippen LogP contribution < -0.4 is 0 Å². The number of rotatable bonds is 0. The molecule has 0 radical (unpaired) electrons. The van der Waals surface area contributed by atoms with Crippen LogP contribution in [0.3, 0.4) is 0 Å². The second-order valence-electron chi connectivity index (χ2n) is 6.60. The van der Waals surface area contributed by atoms with Crippen molar-refractivity contribution in [2.24, 2.45) is 0 Å². The number of para-hydroxylation sites is 2. The van der Waals surface area contributed by atoms with Gasteiger partial charge in [0.1, 0.15) is 11.5 Å². The van der Waals surface area contributed by atoms with Crippen LogP contribution in [-0.2, 0) is 26.2 Å². The summed E-state index contributed by atoms with van der Waals surface area (Å²) < 4.78 is 0. The van der Waals surface area contributed by atoms with Crippen molar-refractivity contribution < 1.29 is 36.4 Å². The second kappa shape index (κ2) is 15.5. The van der Waals surface area contributed by atoms with Gasteiger partial charge in [0.05, 0.1) is 0 Å². The van der Waals surface area contributed by atoms with Gasteiger partial charge in [-0.2, -0.15) is 35.4 Å². The Balaban J connectivity index is 0.000000356. The maximum Gasteiger partial charge on any atom is 2.00 e. The van der Waals surface area contributed by atoms with Crippen molar-refractivity contribution in [2.75, 3.05) is 0 Å². The van der Waals surface area contributed by atoms with E-state index in [9.17, 15) is 0 Å². The van der Waals surface area contributed by atoms with Crippen LogP contribution in [0.4, 0.5) is 0 Å². The van der Waals surface area contributed by atoms with E-state index in [1.165, 1.54) is 22.3 Å². The van der Waals surface area contributed by atoms with Crippen LogP contribution in [0.2, 0.25) is 0 Å². The Morgan fingerprint density at radius 3 is 0.966 bits per heavy atom. The molecule has 4 aromatic rings. The Kier molecular flexibility index (Phi) is 14.3. The average Bonchev–Trinajstić information content (AvgIpc) is 3.24. The standard InChI is InChI=1S/2C7H9.2C6H6O.Zr/c2*1-6-3-4-7(2)5-6;2*7-6-4-2-1-3-5-6;/h2*3-5H,1-2H3;2*1-5,7H;/q2*-1;;;+2. The number of aryl methyl sites for hydroxylation is 4. The van der Waals surface area contributed by atoms with Gasteiger partial charge in [-0.1, -0.05) is 64.1 Å². The molecule has 0 unspecified atom stereocenters. The first-order valence-electron chi connectivity index (χ1n) is 9.24. The summed E-state index contributed by atoms with van der Waals surface area (Å²) in [5, 5.41) is 17.3.